The monoisotopic (exact) mass is 494 g/mol. The molecule has 1 amide bonds. The molecule has 7 heteroatoms. The largest absolute Gasteiger partial charge is 0.480 e. The van der Waals surface area contributed by atoms with Gasteiger partial charge in [-0.15, -0.1) is 0 Å². The van der Waals surface area contributed by atoms with Gasteiger partial charge < -0.3 is 20.9 Å². The first-order valence-corrected chi connectivity index (χ1v) is 13.3. The Morgan fingerprint density at radius 2 is 1.83 bits per heavy atom. The number of carbonyl (C=O) groups excluding carboxylic acids is 1. The number of nitrogen functional groups attached to an aromatic ring is 1. The summed E-state index contributed by atoms with van der Waals surface area (Å²) in [5, 5.41) is 17.4. The lowest BCUT2D eigenvalue weighted by Gasteiger charge is -2.35. The third kappa shape index (κ3) is 6.02. The van der Waals surface area contributed by atoms with Gasteiger partial charge in [0.15, 0.2) is 6.10 Å². The Bertz CT molecular complexity index is 1050. The van der Waals surface area contributed by atoms with Crippen LogP contribution >= 0.6 is 0 Å². The summed E-state index contributed by atoms with van der Waals surface area (Å²) in [5.41, 5.74) is 11.0. The SMILES string of the molecule is CCC(Oc1cc(C)c(N)c(C)c1C)C(=O)NC1CCN(CC(O)NC2(c3ccccc3)CC2)CC1. The van der Waals surface area contributed by atoms with Crippen molar-refractivity contribution in [3.8, 4) is 5.75 Å². The Morgan fingerprint density at radius 1 is 1.17 bits per heavy atom. The molecule has 2 fully saturated rings. The molecule has 1 heterocycles. The fourth-order valence-electron chi connectivity index (χ4n) is 5.22. The molecular weight excluding hydrogens is 452 g/mol. The summed E-state index contributed by atoms with van der Waals surface area (Å²) < 4.78 is 6.16. The molecule has 196 valence electrons. The molecule has 36 heavy (non-hydrogen) atoms. The fraction of sp³-hybridized carbons (Fsp3) is 0.552. The summed E-state index contributed by atoms with van der Waals surface area (Å²) in [6.07, 6.45) is 3.30. The van der Waals surface area contributed by atoms with Crippen LogP contribution in [-0.4, -0.2) is 53.9 Å². The molecule has 0 radical (unpaired) electrons. The number of piperidine rings is 1. The lowest BCUT2D eigenvalue weighted by Crippen LogP contribution is -2.51. The number of carbonyl (C=O) groups is 1. The summed E-state index contributed by atoms with van der Waals surface area (Å²) >= 11 is 0. The summed E-state index contributed by atoms with van der Waals surface area (Å²) in [4.78, 5) is 15.3. The van der Waals surface area contributed by atoms with Gasteiger partial charge in [0.1, 0.15) is 12.0 Å². The van der Waals surface area contributed by atoms with E-state index in [0.29, 0.717) is 13.0 Å². The molecule has 0 aromatic heterocycles. The highest BCUT2D eigenvalue weighted by Crippen LogP contribution is 2.45. The molecule has 2 aliphatic rings. The number of β-amino-alcohol motifs (C(OH)–C–C–N with tert-alkyl or cyclic N) is 1. The van der Waals surface area contributed by atoms with Gasteiger partial charge in [-0.05, 0) is 81.2 Å². The van der Waals surface area contributed by atoms with E-state index in [4.69, 9.17) is 10.5 Å². The molecule has 1 aliphatic heterocycles. The van der Waals surface area contributed by atoms with Crippen LogP contribution in [0.25, 0.3) is 0 Å². The first kappa shape index (κ1) is 26.5. The summed E-state index contributed by atoms with van der Waals surface area (Å²) in [6, 6.07) is 12.4. The minimum absolute atomic E-state index is 0.0669. The Kier molecular flexibility index (Phi) is 8.23. The Balaban J connectivity index is 1.24. The molecule has 1 aliphatic carbocycles. The topological polar surface area (TPSA) is 99.8 Å². The van der Waals surface area contributed by atoms with Gasteiger partial charge in [0.25, 0.3) is 5.91 Å². The van der Waals surface area contributed by atoms with Gasteiger partial charge in [0, 0.05) is 36.9 Å². The highest BCUT2D eigenvalue weighted by Gasteiger charge is 2.45. The molecule has 2 unspecified atom stereocenters. The van der Waals surface area contributed by atoms with Crippen LogP contribution in [0.5, 0.6) is 5.75 Å². The average molecular weight is 495 g/mol. The Hall–Kier alpha value is -2.61. The maximum Gasteiger partial charge on any atom is 0.261 e. The van der Waals surface area contributed by atoms with E-state index in [9.17, 15) is 9.90 Å². The van der Waals surface area contributed by atoms with Gasteiger partial charge in [0.2, 0.25) is 0 Å². The van der Waals surface area contributed by atoms with E-state index < -0.39 is 12.3 Å². The van der Waals surface area contributed by atoms with Gasteiger partial charge in [-0.1, -0.05) is 37.3 Å². The number of aryl methyl sites for hydroxylation is 1. The van der Waals surface area contributed by atoms with E-state index in [1.165, 1.54) is 5.56 Å². The van der Waals surface area contributed by atoms with Gasteiger partial charge in [0.05, 0.1) is 0 Å². The first-order chi connectivity index (χ1) is 17.2. The number of nitrogens with zero attached hydrogens (tertiary/aromatic N) is 1. The number of likely N-dealkylation sites (tertiary alicyclic amines) is 1. The highest BCUT2D eigenvalue weighted by molar-refractivity contribution is 5.81. The van der Waals surface area contributed by atoms with E-state index in [0.717, 1.165) is 66.9 Å². The molecule has 1 saturated heterocycles. The van der Waals surface area contributed by atoms with Crippen LogP contribution in [0, 0.1) is 20.8 Å². The van der Waals surface area contributed by atoms with E-state index in [1.807, 2.05) is 39.8 Å². The average Bonchev–Trinajstić information content (AvgIpc) is 3.66. The number of amides is 1. The van der Waals surface area contributed by atoms with E-state index >= 15 is 0 Å². The van der Waals surface area contributed by atoms with Crippen LogP contribution in [0.15, 0.2) is 36.4 Å². The number of aliphatic hydroxyl groups excluding tert-OH is 1. The lowest BCUT2D eigenvalue weighted by molar-refractivity contribution is -0.129. The van der Waals surface area contributed by atoms with E-state index in [1.54, 1.807) is 0 Å². The number of anilines is 1. The summed E-state index contributed by atoms with van der Waals surface area (Å²) in [6.45, 7) is 10.2. The number of hydrogen-bond donors (Lipinski definition) is 4. The summed E-state index contributed by atoms with van der Waals surface area (Å²) in [5.74, 6) is 0.657. The molecular formula is C29H42N4O3. The van der Waals surface area contributed by atoms with Crippen LogP contribution < -0.4 is 21.1 Å². The second-order valence-electron chi connectivity index (χ2n) is 10.6. The van der Waals surface area contributed by atoms with Crippen molar-refractivity contribution in [2.24, 2.45) is 0 Å². The molecule has 2 aromatic carbocycles. The van der Waals surface area contributed by atoms with Crippen molar-refractivity contribution in [3.05, 3.63) is 58.7 Å². The van der Waals surface area contributed by atoms with Crippen molar-refractivity contribution in [1.29, 1.82) is 0 Å². The second kappa shape index (κ2) is 11.2. The van der Waals surface area contributed by atoms with E-state index in [2.05, 4.69) is 39.8 Å². The van der Waals surface area contributed by atoms with Crippen LogP contribution in [0.2, 0.25) is 0 Å². The molecule has 5 N–H and O–H groups in total. The highest BCUT2D eigenvalue weighted by atomic mass is 16.5. The normalized spacial score (nSPS) is 19.5. The van der Waals surface area contributed by atoms with Crippen molar-refractivity contribution >= 4 is 11.6 Å². The number of rotatable bonds is 10. The smallest absolute Gasteiger partial charge is 0.261 e. The third-order valence-electron chi connectivity index (χ3n) is 7.93. The minimum atomic E-state index is -0.577. The first-order valence-electron chi connectivity index (χ1n) is 13.3. The quantitative estimate of drug-likeness (QED) is 0.298. The Morgan fingerprint density at radius 3 is 2.44 bits per heavy atom. The molecule has 0 spiro atoms. The van der Waals surface area contributed by atoms with Crippen LogP contribution in [0.1, 0.15) is 61.3 Å². The number of benzene rings is 2. The fourth-order valence-corrected chi connectivity index (χ4v) is 5.22. The zero-order chi connectivity index (χ0) is 25.9. The maximum absolute atomic E-state index is 13.0. The number of aliphatic hydroxyl groups is 1. The predicted octanol–water partition coefficient (Wildman–Crippen LogP) is 3.53. The second-order valence-corrected chi connectivity index (χ2v) is 10.6. The van der Waals surface area contributed by atoms with Crippen LogP contribution in [0.4, 0.5) is 5.69 Å². The molecule has 7 nitrogen and oxygen atoms in total. The molecule has 2 aromatic rings. The Labute approximate surface area is 215 Å². The standard InChI is InChI=1S/C29H42N4O3/c1-5-24(36-25-17-19(2)27(30)21(4)20(25)3)28(35)31-23-11-15-33(16-12-23)18-26(34)32-29(13-14-29)22-9-7-6-8-10-22/h6-10,17,23-24,26,32,34H,5,11-16,18,30H2,1-4H3,(H,31,35). The number of hydrogen-bond acceptors (Lipinski definition) is 6. The minimum Gasteiger partial charge on any atom is -0.480 e. The van der Waals surface area contributed by atoms with Crippen molar-refractivity contribution in [2.45, 2.75) is 83.7 Å². The van der Waals surface area contributed by atoms with Gasteiger partial charge in [-0.3, -0.25) is 15.0 Å². The maximum atomic E-state index is 13.0. The van der Waals surface area contributed by atoms with Gasteiger partial charge >= 0.3 is 0 Å². The van der Waals surface area contributed by atoms with Crippen molar-refractivity contribution in [3.63, 3.8) is 0 Å². The third-order valence-corrected chi connectivity index (χ3v) is 7.93. The van der Waals surface area contributed by atoms with Gasteiger partial charge in [-0.2, -0.15) is 0 Å². The van der Waals surface area contributed by atoms with Crippen molar-refractivity contribution < 1.29 is 14.6 Å². The van der Waals surface area contributed by atoms with Crippen LogP contribution in [-0.2, 0) is 10.3 Å². The molecule has 2 atom stereocenters. The molecule has 4 rings (SSSR count). The number of nitrogens with two attached hydrogens (primary N) is 1. The van der Waals surface area contributed by atoms with Crippen LogP contribution in [0.3, 0.4) is 0 Å². The van der Waals surface area contributed by atoms with Crippen molar-refractivity contribution in [2.75, 3.05) is 25.4 Å². The molecule has 0 bridgehead atoms. The number of nitrogens with one attached hydrogen (secondary N) is 2. The van der Waals surface area contributed by atoms with E-state index in [-0.39, 0.29) is 17.5 Å². The van der Waals surface area contributed by atoms with Gasteiger partial charge in [-0.25, -0.2) is 0 Å². The zero-order valence-corrected chi connectivity index (χ0v) is 22.1. The predicted molar refractivity (Wildman–Crippen MR) is 144 cm³/mol. The number of ether oxygens (including phenoxy) is 1. The summed E-state index contributed by atoms with van der Waals surface area (Å²) in [7, 11) is 0. The zero-order valence-electron chi connectivity index (χ0n) is 22.1. The van der Waals surface area contributed by atoms with Crippen molar-refractivity contribution in [1.82, 2.24) is 15.5 Å². The molecule has 1 saturated carbocycles. The lowest BCUT2D eigenvalue weighted by atomic mass is 10.0.